The summed E-state index contributed by atoms with van der Waals surface area (Å²) in [5.74, 6) is -0.381. The molecule has 23 heavy (non-hydrogen) atoms. The number of nitro benzene ring substituents is 1. The van der Waals surface area contributed by atoms with Crippen molar-refractivity contribution in [2.24, 2.45) is 29.1 Å². The number of amides is 2. The smallest absolute Gasteiger partial charge is 0.269 e. The molecule has 1 aromatic rings. The number of fused-ring (bicyclic) bond motifs is 3. The molecule has 1 aliphatic heterocycles. The first-order valence-electron chi connectivity index (χ1n) is 7.85. The Labute approximate surface area is 131 Å². The topological polar surface area (TPSA) is 80.5 Å². The Morgan fingerprint density at radius 3 is 1.96 bits per heavy atom. The predicted octanol–water partition coefficient (Wildman–Crippen LogP) is 2.30. The Balaban J connectivity index is 1.52. The molecule has 4 atom stereocenters. The highest BCUT2D eigenvalue weighted by molar-refractivity contribution is 6.23. The Morgan fingerprint density at radius 2 is 1.52 bits per heavy atom. The van der Waals surface area contributed by atoms with Gasteiger partial charge in [-0.15, -0.1) is 0 Å². The van der Waals surface area contributed by atoms with Crippen molar-refractivity contribution < 1.29 is 14.5 Å². The van der Waals surface area contributed by atoms with E-state index in [1.807, 2.05) is 0 Å². The van der Waals surface area contributed by atoms with Gasteiger partial charge in [0.2, 0.25) is 11.8 Å². The molecule has 3 fully saturated rings. The predicted molar refractivity (Wildman–Crippen MR) is 80.4 cm³/mol. The molecule has 2 saturated carbocycles. The van der Waals surface area contributed by atoms with Gasteiger partial charge in [0.05, 0.1) is 22.4 Å². The zero-order valence-electron chi connectivity index (χ0n) is 12.2. The van der Waals surface area contributed by atoms with Crippen molar-refractivity contribution >= 4 is 23.2 Å². The van der Waals surface area contributed by atoms with Gasteiger partial charge >= 0.3 is 0 Å². The number of hydrogen-bond donors (Lipinski definition) is 0. The molecule has 1 saturated heterocycles. The van der Waals surface area contributed by atoms with E-state index in [2.05, 4.69) is 12.2 Å². The molecule has 0 radical (unpaired) electrons. The second kappa shape index (κ2) is 3.88. The standard InChI is InChI=1S/C17H14N2O4/c20-15-13-11-5-6-12(17(11)7-8-17)14(13)16(21)18(15)9-1-3-10(4-2-9)19(22)23/h1-6,11-14H,7-8H2/t11-,12+,13-,14-/m0/s1. The lowest BCUT2D eigenvalue weighted by molar-refractivity contribution is -0.384. The number of imide groups is 1. The maximum absolute atomic E-state index is 12.9. The fourth-order valence-electron chi connectivity index (χ4n) is 5.06. The van der Waals surface area contributed by atoms with Gasteiger partial charge in [-0.1, -0.05) is 12.2 Å². The van der Waals surface area contributed by atoms with Gasteiger partial charge < -0.3 is 0 Å². The third-order valence-corrected chi connectivity index (χ3v) is 6.17. The molecule has 1 aromatic carbocycles. The van der Waals surface area contributed by atoms with Crippen molar-refractivity contribution in [1.82, 2.24) is 0 Å². The maximum Gasteiger partial charge on any atom is 0.269 e. The Hall–Kier alpha value is -2.50. The number of allylic oxidation sites excluding steroid dienone is 2. The van der Waals surface area contributed by atoms with Crippen molar-refractivity contribution in [2.75, 3.05) is 4.90 Å². The summed E-state index contributed by atoms with van der Waals surface area (Å²) < 4.78 is 0. The third kappa shape index (κ3) is 1.39. The highest BCUT2D eigenvalue weighted by Gasteiger charge is 2.73. The summed E-state index contributed by atoms with van der Waals surface area (Å²) in [7, 11) is 0. The molecule has 0 N–H and O–H groups in total. The van der Waals surface area contributed by atoms with Crippen LogP contribution in [0, 0.1) is 39.2 Å². The Kier molecular flexibility index (Phi) is 2.19. The number of benzene rings is 1. The average molecular weight is 310 g/mol. The molecule has 1 heterocycles. The zero-order chi connectivity index (χ0) is 15.9. The molecule has 0 aromatic heterocycles. The van der Waals surface area contributed by atoms with Crippen LogP contribution in [0.3, 0.4) is 0 Å². The minimum atomic E-state index is -0.493. The van der Waals surface area contributed by atoms with Gasteiger partial charge in [0.15, 0.2) is 0 Å². The summed E-state index contributed by atoms with van der Waals surface area (Å²) in [5, 5.41) is 10.7. The lowest BCUT2D eigenvalue weighted by Crippen LogP contribution is -2.34. The van der Waals surface area contributed by atoms with Crippen molar-refractivity contribution in [3.05, 3.63) is 46.5 Å². The highest BCUT2D eigenvalue weighted by Crippen LogP contribution is 2.73. The molecule has 3 aliphatic carbocycles. The average Bonchev–Trinajstić information content (AvgIpc) is 3.13. The second-order valence-electron chi connectivity index (χ2n) is 7.01. The number of carbonyl (C=O) groups is 2. The van der Waals surface area contributed by atoms with Crippen LogP contribution in [-0.4, -0.2) is 16.7 Å². The normalized spacial score (nSPS) is 35.2. The SMILES string of the molecule is O=C1[C@@H]2[C@@H](C(=O)N1c1ccc([N+](=O)[O-])cc1)[C@@H]1C=C[C@H]2C12CC2. The van der Waals surface area contributed by atoms with E-state index < -0.39 is 4.92 Å². The van der Waals surface area contributed by atoms with E-state index in [0.717, 1.165) is 12.8 Å². The second-order valence-corrected chi connectivity index (χ2v) is 7.01. The largest absolute Gasteiger partial charge is 0.274 e. The molecule has 6 nitrogen and oxygen atoms in total. The number of non-ortho nitro benzene ring substituents is 1. The van der Waals surface area contributed by atoms with Crippen molar-refractivity contribution in [3.63, 3.8) is 0 Å². The molecule has 116 valence electrons. The van der Waals surface area contributed by atoms with E-state index in [4.69, 9.17) is 0 Å². The van der Waals surface area contributed by atoms with Crippen molar-refractivity contribution in [2.45, 2.75) is 12.8 Å². The first kappa shape index (κ1) is 13.0. The molecular weight excluding hydrogens is 296 g/mol. The molecule has 6 heteroatoms. The first-order chi connectivity index (χ1) is 11.0. The quantitative estimate of drug-likeness (QED) is 0.363. The van der Waals surface area contributed by atoms with Crippen LogP contribution < -0.4 is 4.90 Å². The number of nitrogens with zero attached hydrogens (tertiary/aromatic N) is 2. The van der Waals surface area contributed by atoms with E-state index in [9.17, 15) is 19.7 Å². The molecule has 5 rings (SSSR count). The monoisotopic (exact) mass is 310 g/mol. The van der Waals surface area contributed by atoms with Gasteiger partial charge in [-0.3, -0.25) is 24.6 Å². The van der Waals surface area contributed by atoms with Crippen LogP contribution in [0.1, 0.15) is 12.8 Å². The molecule has 2 bridgehead atoms. The highest BCUT2D eigenvalue weighted by atomic mass is 16.6. The number of rotatable bonds is 2. The summed E-state index contributed by atoms with van der Waals surface area (Å²) >= 11 is 0. The van der Waals surface area contributed by atoms with Gasteiger partial charge in [-0.2, -0.15) is 0 Å². The summed E-state index contributed by atoms with van der Waals surface area (Å²) in [6.45, 7) is 0. The fraction of sp³-hybridized carbons (Fsp3) is 0.412. The van der Waals surface area contributed by atoms with E-state index in [1.165, 1.54) is 29.2 Å². The van der Waals surface area contributed by atoms with Crippen LogP contribution >= 0.6 is 0 Å². The van der Waals surface area contributed by atoms with Gasteiger partial charge in [-0.05, 0) is 42.2 Å². The summed E-state index contributed by atoms with van der Waals surface area (Å²) in [5.41, 5.74) is 0.568. The fourth-order valence-corrected chi connectivity index (χ4v) is 5.06. The first-order valence-corrected chi connectivity index (χ1v) is 7.85. The molecule has 2 amide bonds. The van der Waals surface area contributed by atoms with Crippen LogP contribution in [-0.2, 0) is 9.59 Å². The van der Waals surface area contributed by atoms with Gasteiger partial charge in [0, 0.05) is 12.1 Å². The number of hydrogen-bond acceptors (Lipinski definition) is 4. The van der Waals surface area contributed by atoms with Crippen LogP contribution in [0.5, 0.6) is 0 Å². The summed E-state index contributed by atoms with van der Waals surface area (Å²) in [6, 6.07) is 5.63. The molecule has 1 spiro atoms. The minimum Gasteiger partial charge on any atom is -0.274 e. The third-order valence-electron chi connectivity index (χ3n) is 6.17. The zero-order valence-corrected chi connectivity index (χ0v) is 12.2. The maximum atomic E-state index is 12.9. The molecular formula is C17H14N2O4. The van der Waals surface area contributed by atoms with Gasteiger partial charge in [0.1, 0.15) is 0 Å². The Morgan fingerprint density at radius 1 is 1.00 bits per heavy atom. The lowest BCUT2D eigenvalue weighted by Gasteiger charge is -2.21. The van der Waals surface area contributed by atoms with E-state index >= 15 is 0 Å². The van der Waals surface area contributed by atoms with Crippen LogP contribution in [0.15, 0.2) is 36.4 Å². The van der Waals surface area contributed by atoms with Gasteiger partial charge in [-0.25, -0.2) is 0 Å². The Bertz CT molecular complexity index is 759. The summed E-state index contributed by atoms with van der Waals surface area (Å²) in [4.78, 5) is 37.2. The summed E-state index contributed by atoms with van der Waals surface area (Å²) in [6.07, 6.45) is 6.48. The van der Waals surface area contributed by atoms with E-state index in [1.54, 1.807) is 0 Å². The van der Waals surface area contributed by atoms with Crippen molar-refractivity contribution in [3.8, 4) is 0 Å². The lowest BCUT2D eigenvalue weighted by atomic mass is 9.85. The van der Waals surface area contributed by atoms with E-state index in [-0.39, 0.29) is 46.6 Å². The number of anilines is 1. The van der Waals surface area contributed by atoms with Gasteiger partial charge in [0.25, 0.3) is 5.69 Å². The number of nitro groups is 1. The molecule has 0 unspecified atom stereocenters. The molecule has 4 aliphatic rings. The van der Waals surface area contributed by atoms with Crippen LogP contribution in [0.4, 0.5) is 11.4 Å². The van der Waals surface area contributed by atoms with E-state index in [0.29, 0.717) is 5.69 Å². The van der Waals surface area contributed by atoms with Crippen LogP contribution in [0.2, 0.25) is 0 Å². The van der Waals surface area contributed by atoms with Crippen LogP contribution in [0.25, 0.3) is 0 Å². The van der Waals surface area contributed by atoms with Crippen molar-refractivity contribution in [1.29, 1.82) is 0 Å². The number of carbonyl (C=O) groups excluding carboxylic acids is 2. The minimum absolute atomic E-state index is 0.0493.